The summed E-state index contributed by atoms with van der Waals surface area (Å²) in [5.41, 5.74) is 3.72. The van der Waals surface area contributed by atoms with Gasteiger partial charge in [-0.2, -0.15) is 20.1 Å². The van der Waals surface area contributed by atoms with E-state index in [1.807, 2.05) is 75.9 Å². The van der Waals surface area contributed by atoms with Gasteiger partial charge < -0.3 is 0 Å². The molecule has 0 aliphatic carbocycles. The molecule has 0 spiro atoms. The zero-order valence-corrected chi connectivity index (χ0v) is 46.2. The number of aromatic nitrogens is 16. The maximum absolute atomic E-state index is 4.22. The van der Waals surface area contributed by atoms with Crippen LogP contribution < -0.4 is 0 Å². The Balaban J connectivity index is 0. The van der Waals surface area contributed by atoms with Gasteiger partial charge in [-0.1, -0.05) is 130 Å². The second kappa shape index (κ2) is 39.5. The van der Waals surface area contributed by atoms with Gasteiger partial charge in [-0.15, -0.1) is 10.2 Å². The average molecular weight is 996 g/mol. The smallest absolute Gasteiger partial charge is 0.175 e. The van der Waals surface area contributed by atoms with Crippen LogP contribution in [0.2, 0.25) is 0 Å². The van der Waals surface area contributed by atoms with E-state index in [4.69, 9.17) is 0 Å². The van der Waals surface area contributed by atoms with Crippen LogP contribution in [0.3, 0.4) is 0 Å². The third-order valence-corrected chi connectivity index (χ3v) is 8.90. The normalized spacial score (nSPS) is 10.3. The Morgan fingerprint density at radius 3 is 1.04 bits per heavy atom. The second-order valence-electron chi connectivity index (χ2n) is 20.4. The first-order chi connectivity index (χ1) is 33.1. The molecule has 402 valence electrons. The zero-order valence-electron chi connectivity index (χ0n) is 46.2. The van der Waals surface area contributed by atoms with Crippen molar-refractivity contribution in [3.05, 3.63) is 131 Å². The van der Waals surface area contributed by atoms with Crippen molar-refractivity contribution in [3.63, 3.8) is 0 Å². The highest BCUT2D eigenvalue weighted by Crippen LogP contribution is 2.07. The molecule has 0 atom stereocenters. The lowest BCUT2D eigenvalue weighted by molar-refractivity contribution is 0.604. The molecule has 0 aliphatic rings. The van der Waals surface area contributed by atoms with Gasteiger partial charge in [0.15, 0.2) is 23.3 Å². The Hall–Kier alpha value is -6.06. The molecule has 0 radical (unpaired) electrons. The fourth-order valence-corrected chi connectivity index (χ4v) is 6.17. The molecular weight excluding hydrogens is 897 g/mol. The van der Waals surface area contributed by atoms with Gasteiger partial charge in [0.2, 0.25) is 0 Å². The summed E-state index contributed by atoms with van der Waals surface area (Å²) < 4.78 is 0. The molecule has 7 heterocycles. The molecule has 0 amide bonds. The number of rotatable bonds is 14. The average Bonchev–Trinajstić information content (AvgIpc) is 4.08. The first kappa shape index (κ1) is 68.0. The molecule has 0 aromatic carbocycles. The molecule has 16 nitrogen and oxygen atoms in total. The highest BCUT2D eigenvalue weighted by Gasteiger charge is 2.05. The summed E-state index contributed by atoms with van der Waals surface area (Å²) in [6.07, 6.45) is 14.5. The summed E-state index contributed by atoms with van der Waals surface area (Å²) in [5.74, 6) is 10.9. The molecule has 0 aliphatic heterocycles. The summed E-state index contributed by atoms with van der Waals surface area (Å²) in [6, 6.07) is 16.2. The van der Waals surface area contributed by atoms with Crippen LogP contribution >= 0.6 is 0 Å². The maximum Gasteiger partial charge on any atom is 0.175 e. The van der Waals surface area contributed by atoms with E-state index < -0.39 is 0 Å². The molecule has 0 saturated heterocycles. The number of nitrogens with zero attached hydrogens (tertiary/aromatic N) is 13. The van der Waals surface area contributed by atoms with Gasteiger partial charge in [-0.3, -0.25) is 30.2 Å². The van der Waals surface area contributed by atoms with E-state index in [9.17, 15) is 0 Å². The fraction of sp³-hybridized carbons (Fsp3) is 0.607. The Kier molecular flexibility index (Phi) is 37.4. The van der Waals surface area contributed by atoms with Crippen molar-refractivity contribution in [2.75, 3.05) is 0 Å². The van der Waals surface area contributed by atoms with Crippen LogP contribution in [-0.2, 0) is 52.0 Å². The molecule has 16 heteroatoms. The predicted molar refractivity (Wildman–Crippen MR) is 298 cm³/mol. The fourth-order valence-electron chi connectivity index (χ4n) is 6.17. The second-order valence-corrected chi connectivity index (χ2v) is 20.4. The van der Waals surface area contributed by atoms with Crippen LogP contribution in [0.4, 0.5) is 0 Å². The molecule has 0 fully saturated rings. The van der Waals surface area contributed by atoms with Crippen molar-refractivity contribution < 1.29 is 0 Å². The van der Waals surface area contributed by atoms with Crippen LogP contribution in [0.5, 0.6) is 0 Å². The van der Waals surface area contributed by atoms with Crippen molar-refractivity contribution in [2.45, 2.75) is 178 Å². The van der Waals surface area contributed by atoms with E-state index in [-0.39, 0.29) is 14.9 Å². The Morgan fingerprint density at radius 2 is 0.792 bits per heavy atom. The molecule has 0 saturated carbocycles. The lowest BCUT2D eigenvalue weighted by Gasteiger charge is -2.01. The van der Waals surface area contributed by atoms with Gasteiger partial charge in [-0.05, 0) is 123 Å². The number of aryl methyl sites for hydroxylation is 4. The molecule has 0 unspecified atom stereocenters. The Morgan fingerprint density at radius 1 is 0.431 bits per heavy atom. The summed E-state index contributed by atoms with van der Waals surface area (Å²) in [5, 5.41) is 32.1. The molecule has 7 aromatic rings. The number of pyridine rings is 3. The van der Waals surface area contributed by atoms with Gasteiger partial charge in [0, 0.05) is 61.9 Å². The van der Waals surface area contributed by atoms with E-state index in [0.717, 1.165) is 91.6 Å². The number of H-pyrrole nitrogens is 3. The lowest BCUT2D eigenvalue weighted by Crippen LogP contribution is -1.97. The van der Waals surface area contributed by atoms with E-state index in [1.54, 1.807) is 7.05 Å². The summed E-state index contributed by atoms with van der Waals surface area (Å²) >= 11 is 0. The minimum Gasteiger partial charge on any atom is -0.264 e. The van der Waals surface area contributed by atoms with Crippen molar-refractivity contribution >= 4 is 0 Å². The van der Waals surface area contributed by atoms with Gasteiger partial charge >= 0.3 is 0 Å². The highest BCUT2D eigenvalue weighted by atomic mass is 15.6. The van der Waals surface area contributed by atoms with Gasteiger partial charge in [0.05, 0.1) is 7.05 Å². The molecule has 0 bridgehead atoms. The van der Waals surface area contributed by atoms with Gasteiger partial charge in [0.1, 0.15) is 17.5 Å². The summed E-state index contributed by atoms with van der Waals surface area (Å²) in [6.45, 7) is 36.2. The Bertz CT molecular complexity index is 1960. The quantitative estimate of drug-likeness (QED) is 0.0930. The SMILES string of the molecule is C.C.CC(C)Cc1ccccn1.CC(C)Cc1ccccn1.CC(C)Cc1cccnc1.CC(C)Cc1nnn(C)n1.Cc1nc(CC(C)C)n[nH]1.Cc1nc(CC(C)C)n[nH]1.Cc1nc(CC(C)C)n[nH]1. The molecule has 7 rings (SSSR count). The molecule has 72 heavy (non-hydrogen) atoms. The number of aromatic amines is 3. The van der Waals surface area contributed by atoms with E-state index in [1.165, 1.54) is 21.7 Å². The van der Waals surface area contributed by atoms with Crippen LogP contribution in [-0.4, -0.2) is 80.7 Å². The third kappa shape index (κ3) is 37.7. The zero-order chi connectivity index (χ0) is 52.4. The van der Waals surface area contributed by atoms with Crippen molar-refractivity contribution in [2.24, 2.45) is 48.5 Å². The lowest BCUT2D eigenvalue weighted by atomic mass is 10.1. The first-order valence-electron chi connectivity index (χ1n) is 25.1. The maximum atomic E-state index is 4.22. The van der Waals surface area contributed by atoms with E-state index in [0.29, 0.717) is 35.5 Å². The predicted octanol–water partition coefficient (Wildman–Crippen LogP) is 12.5. The minimum absolute atomic E-state index is 0. The standard InChI is InChI=1S/3C9H13N.3C7H13N3.C6H12N4.2CH4/c1-8(2)6-9-4-3-5-10-7-9;2*1-8(2)7-9-5-3-4-6-10-9;3*1-5(2)4-7-8-6(3)9-10-7;1-5(2)4-6-7-9-10(3)8-6;;/h3-5,7-8H,6H2,1-2H3;2*3-6,8H,7H2,1-2H3;3*5H,4H2,1-3H3,(H,8,9,10);5H,4H2,1-3H3;2*1H4. The van der Waals surface area contributed by atoms with Gasteiger partial charge in [0.25, 0.3) is 0 Å². The largest absolute Gasteiger partial charge is 0.264 e. The van der Waals surface area contributed by atoms with E-state index >= 15 is 0 Å². The molecular formula is C56H98N16. The van der Waals surface area contributed by atoms with Crippen molar-refractivity contribution in [1.29, 1.82) is 0 Å². The first-order valence-corrected chi connectivity index (χ1v) is 25.1. The summed E-state index contributed by atoms with van der Waals surface area (Å²) in [7, 11) is 1.77. The van der Waals surface area contributed by atoms with Crippen LogP contribution in [0.25, 0.3) is 0 Å². The van der Waals surface area contributed by atoms with Crippen LogP contribution in [0.1, 0.15) is 170 Å². The van der Waals surface area contributed by atoms with Gasteiger partial charge in [-0.25, -0.2) is 15.0 Å². The topological polar surface area (TPSA) is 207 Å². The third-order valence-electron chi connectivity index (χ3n) is 8.90. The minimum atomic E-state index is 0. The van der Waals surface area contributed by atoms with Crippen molar-refractivity contribution in [1.82, 2.24) is 80.7 Å². The van der Waals surface area contributed by atoms with Crippen molar-refractivity contribution in [3.8, 4) is 0 Å². The highest BCUT2D eigenvalue weighted by molar-refractivity contribution is 5.09. The number of nitrogens with one attached hydrogen (secondary N) is 3. The van der Waals surface area contributed by atoms with Crippen LogP contribution in [0.15, 0.2) is 73.3 Å². The number of hydrogen-bond acceptors (Lipinski definition) is 12. The van der Waals surface area contributed by atoms with E-state index in [2.05, 4.69) is 191 Å². The number of tetrazole rings is 1. The monoisotopic (exact) mass is 995 g/mol. The molecule has 7 aromatic heterocycles. The number of hydrogen-bond donors (Lipinski definition) is 3. The summed E-state index contributed by atoms with van der Waals surface area (Å²) in [4.78, 5) is 26.5. The molecule has 3 N–H and O–H groups in total. The Labute approximate surface area is 436 Å². The van der Waals surface area contributed by atoms with Crippen LogP contribution in [0, 0.1) is 62.2 Å².